The Kier molecular flexibility index (Phi) is 7.09. The molecule has 1 saturated heterocycles. The Bertz CT molecular complexity index is 197. The Hall–Kier alpha value is -0.120. The standard InChI is InChI=1S/C14H30N2O/c1-4-5-6-7-8-9-16-12-14(17)10-13(16)11-15(2)3/h13-14,17H,4-12H2,1-3H3. The predicted octanol–water partition coefficient (Wildman–Crippen LogP) is 1.95. The zero-order valence-electron chi connectivity index (χ0n) is 11.9. The van der Waals surface area contributed by atoms with Crippen molar-refractivity contribution in [2.24, 2.45) is 0 Å². The summed E-state index contributed by atoms with van der Waals surface area (Å²) < 4.78 is 0. The van der Waals surface area contributed by atoms with Gasteiger partial charge in [-0.25, -0.2) is 0 Å². The smallest absolute Gasteiger partial charge is 0.0682 e. The molecule has 102 valence electrons. The topological polar surface area (TPSA) is 26.7 Å². The van der Waals surface area contributed by atoms with Crippen LogP contribution in [-0.2, 0) is 0 Å². The van der Waals surface area contributed by atoms with E-state index >= 15 is 0 Å². The normalized spacial score (nSPS) is 25.9. The van der Waals surface area contributed by atoms with Gasteiger partial charge < -0.3 is 10.0 Å². The highest BCUT2D eigenvalue weighted by molar-refractivity contribution is 4.86. The number of β-amino-alcohol motifs (C(OH)–C–C–N with tert-alkyl or cyclic N) is 1. The number of hydrogen-bond donors (Lipinski definition) is 1. The second kappa shape index (κ2) is 8.06. The molecule has 0 aromatic carbocycles. The fraction of sp³-hybridized carbons (Fsp3) is 1.00. The summed E-state index contributed by atoms with van der Waals surface area (Å²) in [5, 5.41) is 9.76. The molecule has 0 bridgehead atoms. The average molecular weight is 242 g/mol. The van der Waals surface area contributed by atoms with Crippen molar-refractivity contribution in [3.05, 3.63) is 0 Å². The first-order valence-corrected chi connectivity index (χ1v) is 7.20. The molecule has 0 saturated carbocycles. The van der Waals surface area contributed by atoms with Crippen LogP contribution in [0.2, 0.25) is 0 Å². The van der Waals surface area contributed by atoms with Gasteiger partial charge in [-0.2, -0.15) is 0 Å². The highest BCUT2D eigenvalue weighted by atomic mass is 16.3. The molecular weight excluding hydrogens is 212 g/mol. The van der Waals surface area contributed by atoms with E-state index in [1.165, 1.54) is 38.6 Å². The van der Waals surface area contributed by atoms with E-state index in [0.29, 0.717) is 6.04 Å². The number of nitrogens with zero attached hydrogens (tertiary/aromatic N) is 2. The van der Waals surface area contributed by atoms with Gasteiger partial charge in [0.1, 0.15) is 0 Å². The van der Waals surface area contributed by atoms with Gasteiger partial charge in [0.05, 0.1) is 6.10 Å². The fourth-order valence-corrected chi connectivity index (χ4v) is 2.76. The quantitative estimate of drug-likeness (QED) is 0.659. The Labute approximate surface area is 107 Å². The van der Waals surface area contributed by atoms with Crippen molar-refractivity contribution in [2.75, 3.05) is 33.7 Å². The number of aliphatic hydroxyl groups excluding tert-OH is 1. The van der Waals surface area contributed by atoms with Crippen molar-refractivity contribution in [3.63, 3.8) is 0 Å². The number of unbranched alkanes of at least 4 members (excludes halogenated alkanes) is 4. The van der Waals surface area contributed by atoms with Crippen LogP contribution in [0, 0.1) is 0 Å². The summed E-state index contributed by atoms with van der Waals surface area (Å²) in [4.78, 5) is 4.71. The summed E-state index contributed by atoms with van der Waals surface area (Å²) in [6, 6.07) is 0.561. The van der Waals surface area contributed by atoms with Crippen LogP contribution < -0.4 is 0 Å². The summed E-state index contributed by atoms with van der Waals surface area (Å²) in [7, 11) is 4.23. The third-order valence-electron chi connectivity index (χ3n) is 3.63. The first kappa shape index (κ1) is 14.9. The lowest BCUT2D eigenvalue weighted by molar-refractivity contribution is 0.171. The minimum atomic E-state index is -0.101. The van der Waals surface area contributed by atoms with Gasteiger partial charge in [-0.15, -0.1) is 0 Å². The lowest BCUT2D eigenvalue weighted by Gasteiger charge is -2.26. The van der Waals surface area contributed by atoms with Crippen molar-refractivity contribution in [1.82, 2.24) is 9.80 Å². The highest BCUT2D eigenvalue weighted by Gasteiger charge is 2.30. The molecule has 0 aromatic rings. The van der Waals surface area contributed by atoms with Crippen molar-refractivity contribution in [1.29, 1.82) is 0 Å². The van der Waals surface area contributed by atoms with Gasteiger partial charge >= 0.3 is 0 Å². The van der Waals surface area contributed by atoms with Gasteiger partial charge in [0.25, 0.3) is 0 Å². The zero-order valence-corrected chi connectivity index (χ0v) is 11.9. The van der Waals surface area contributed by atoms with Crippen LogP contribution in [0.3, 0.4) is 0 Å². The Morgan fingerprint density at radius 3 is 2.53 bits per heavy atom. The van der Waals surface area contributed by atoms with E-state index < -0.39 is 0 Å². The van der Waals surface area contributed by atoms with Crippen LogP contribution in [0.4, 0.5) is 0 Å². The predicted molar refractivity (Wildman–Crippen MR) is 73.3 cm³/mol. The first-order valence-electron chi connectivity index (χ1n) is 7.20. The highest BCUT2D eigenvalue weighted by Crippen LogP contribution is 2.19. The number of likely N-dealkylation sites (tertiary alicyclic amines) is 1. The lowest BCUT2D eigenvalue weighted by atomic mass is 10.1. The molecule has 3 heteroatoms. The van der Waals surface area contributed by atoms with Crippen LogP contribution >= 0.6 is 0 Å². The minimum absolute atomic E-state index is 0.101. The molecule has 1 aliphatic rings. The van der Waals surface area contributed by atoms with E-state index in [-0.39, 0.29) is 6.10 Å². The molecule has 0 aromatic heterocycles. The van der Waals surface area contributed by atoms with Gasteiger partial charge in [-0.05, 0) is 33.5 Å². The Morgan fingerprint density at radius 2 is 1.88 bits per heavy atom. The molecule has 1 N–H and O–H groups in total. The van der Waals surface area contributed by atoms with Gasteiger partial charge in [0.15, 0.2) is 0 Å². The zero-order chi connectivity index (χ0) is 12.7. The average Bonchev–Trinajstić information content (AvgIpc) is 2.58. The van der Waals surface area contributed by atoms with E-state index in [2.05, 4.69) is 30.8 Å². The van der Waals surface area contributed by atoms with Crippen LogP contribution in [0.25, 0.3) is 0 Å². The van der Waals surface area contributed by atoms with Crippen molar-refractivity contribution >= 4 is 0 Å². The summed E-state index contributed by atoms with van der Waals surface area (Å²) in [5.74, 6) is 0. The third kappa shape index (κ3) is 5.84. The lowest BCUT2D eigenvalue weighted by Crippen LogP contribution is -2.38. The maximum absolute atomic E-state index is 9.76. The van der Waals surface area contributed by atoms with Crippen molar-refractivity contribution in [3.8, 4) is 0 Å². The number of likely N-dealkylation sites (N-methyl/N-ethyl adjacent to an activating group) is 1. The number of hydrogen-bond acceptors (Lipinski definition) is 3. The summed E-state index contributed by atoms with van der Waals surface area (Å²) >= 11 is 0. The van der Waals surface area contributed by atoms with E-state index in [4.69, 9.17) is 0 Å². The maximum Gasteiger partial charge on any atom is 0.0682 e. The molecule has 1 fully saturated rings. The molecule has 0 radical (unpaired) electrons. The molecule has 17 heavy (non-hydrogen) atoms. The molecule has 1 heterocycles. The largest absolute Gasteiger partial charge is 0.392 e. The summed E-state index contributed by atoms with van der Waals surface area (Å²) in [6.07, 6.45) is 7.52. The summed E-state index contributed by atoms with van der Waals surface area (Å²) in [5.41, 5.74) is 0. The van der Waals surface area contributed by atoms with Gasteiger partial charge in [0.2, 0.25) is 0 Å². The second-order valence-corrected chi connectivity index (χ2v) is 5.71. The van der Waals surface area contributed by atoms with Crippen molar-refractivity contribution in [2.45, 2.75) is 57.6 Å². The second-order valence-electron chi connectivity index (χ2n) is 5.71. The maximum atomic E-state index is 9.76. The molecule has 0 amide bonds. The Balaban J connectivity index is 2.20. The van der Waals surface area contributed by atoms with E-state index in [9.17, 15) is 5.11 Å². The number of aliphatic hydroxyl groups is 1. The van der Waals surface area contributed by atoms with E-state index in [1.807, 2.05) is 0 Å². The third-order valence-corrected chi connectivity index (χ3v) is 3.63. The van der Waals surface area contributed by atoms with Crippen LogP contribution in [-0.4, -0.2) is 60.8 Å². The van der Waals surface area contributed by atoms with Crippen LogP contribution in [0.1, 0.15) is 45.4 Å². The van der Waals surface area contributed by atoms with Gasteiger partial charge in [-0.3, -0.25) is 4.90 Å². The monoisotopic (exact) mass is 242 g/mol. The molecule has 3 nitrogen and oxygen atoms in total. The SMILES string of the molecule is CCCCCCCN1CC(O)CC1CN(C)C. The van der Waals surface area contributed by atoms with Gasteiger partial charge in [0, 0.05) is 19.1 Å². The van der Waals surface area contributed by atoms with E-state index in [0.717, 1.165) is 19.5 Å². The molecule has 2 atom stereocenters. The van der Waals surface area contributed by atoms with Crippen molar-refractivity contribution < 1.29 is 5.11 Å². The van der Waals surface area contributed by atoms with Crippen LogP contribution in [0.5, 0.6) is 0 Å². The minimum Gasteiger partial charge on any atom is -0.392 e. The molecule has 0 aliphatic carbocycles. The fourth-order valence-electron chi connectivity index (χ4n) is 2.76. The molecular formula is C14H30N2O. The molecule has 2 unspecified atom stereocenters. The van der Waals surface area contributed by atoms with Crippen LogP contribution in [0.15, 0.2) is 0 Å². The van der Waals surface area contributed by atoms with Gasteiger partial charge in [-0.1, -0.05) is 32.6 Å². The molecule has 0 spiro atoms. The first-order chi connectivity index (χ1) is 8.13. The molecule has 1 aliphatic heterocycles. The Morgan fingerprint density at radius 1 is 1.18 bits per heavy atom. The number of rotatable bonds is 8. The molecule has 1 rings (SSSR count). The summed E-state index contributed by atoms with van der Waals surface area (Å²) in [6.45, 7) is 5.38. The van der Waals surface area contributed by atoms with E-state index in [1.54, 1.807) is 0 Å².